The molecule has 23 heavy (non-hydrogen) atoms. The summed E-state index contributed by atoms with van der Waals surface area (Å²) in [6.45, 7) is -0.378. The van der Waals surface area contributed by atoms with Gasteiger partial charge in [0.1, 0.15) is 11.5 Å². The topological polar surface area (TPSA) is 49.8 Å². The van der Waals surface area contributed by atoms with E-state index in [0.29, 0.717) is 17.1 Å². The van der Waals surface area contributed by atoms with E-state index in [1.54, 1.807) is 36.4 Å². The van der Waals surface area contributed by atoms with Crippen LogP contribution < -0.4 is 4.74 Å². The number of carbonyl (C=O) groups excluding carboxylic acids is 1. The number of hydrogen-bond donors (Lipinski definition) is 1. The van der Waals surface area contributed by atoms with Crippen LogP contribution in [0.3, 0.4) is 0 Å². The number of halogens is 1. The molecule has 2 aromatic carbocycles. The van der Waals surface area contributed by atoms with Gasteiger partial charge in [0.05, 0.1) is 18.7 Å². The first kappa shape index (κ1) is 15.5. The Balaban J connectivity index is 1.82. The Morgan fingerprint density at radius 1 is 1.17 bits per heavy atom. The van der Waals surface area contributed by atoms with Gasteiger partial charge in [0, 0.05) is 13.0 Å². The van der Waals surface area contributed by atoms with Gasteiger partial charge in [-0.05, 0) is 24.3 Å². The number of nitrogens with zero attached hydrogens (tertiary/aromatic N) is 1. The van der Waals surface area contributed by atoms with Crippen molar-refractivity contribution in [2.24, 2.45) is 0 Å². The molecule has 3 rings (SSSR count). The molecule has 5 heteroatoms. The Hall–Kier alpha value is -2.40. The summed E-state index contributed by atoms with van der Waals surface area (Å²) < 4.78 is 19.9. The number of aliphatic hydroxyl groups is 1. The Morgan fingerprint density at radius 3 is 2.57 bits per heavy atom. The largest absolute Gasteiger partial charge is 0.457 e. The molecule has 120 valence electrons. The highest BCUT2D eigenvalue weighted by molar-refractivity contribution is 5.97. The van der Waals surface area contributed by atoms with Crippen molar-refractivity contribution >= 4 is 5.91 Å². The fourth-order valence-electron chi connectivity index (χ4n) is 2.66. The lowest BCUT2D eigenvalue weighted by Crippen LogP contribution is -2.35. The monoisotopic (exact) mass is 315 g/mol. The molecule has 0 aliphatic carbocycles. The summed E-state index contributed by atoms with van der Waals surface area (Å²) in [7, 11) is 0. The van der Waals surface area contributed by atoms with Crippen molar-refractivity contribution < 1.29 is 19.0 Å². The van der Waals surface area contributed by atoms with Crippen molar-refractivity contribution in [2.75, 3.05) is 19.7 Å². The molecule has 2 aromatic rings. The number of carbonyl (C=O) groups is 1. The molecular formula is C18H18FNO3. The van der Waals surface area contributed by atoms with Crippen LogP contribution in [0.25, 0.3) is 0 Å². The van der Waals surface area contributed by atoms with Crippen molar-refractivity contribution in [1.29, 1.82) is 0 Å². The van der Waals surface area contributed by atoms with E-state index in [2.05, 4.69) is 0 Å². The number of aliphatic hydroxyl groups excluding tert-OH is 1. The predicted octanol–water partition coefficient (Wildman–Crippen LogP) is 3.03. The van der Waals surface area contributed by atoms with Gasteiger partial charge in [-0.3, -0.25) is 4.79 Å². The number of para-hydroxylation sites is 2. The van der Waals surface area contributed by atoms with Gasteiger partial charge in [0.15, 0.2) is 5.67 Å². The third-order valence-corrected chi connectivity index (χ3v) is 3.96. The van der Waals surface area contributed by atoms with Gasteiger partial charge in [-0.15, -0.1) is 0 Å². The number of alkyl halides is 1. The van der Waals surface area contributed by atoms with E-state index < -0.39 is 12.3 Å². The standard InChI is InChI=1S/C18H18FNO3/c19-18(13-21)10-11-20(12-18)17(22)15-8-4-5-9-16(15)23-14-6-2-1-3-7-14/h1-9,21H,10-13H2. The van der Waals surface area contributed by atoms with E-state index in [9.17, 15) is 9.18 Å². The van der Waals surface area contributed by atoms with Crippen molar-refractivity contribution in [2.45, 2.75) is 12.1 Å². The number of rotatable bonds is 4. The minimum absolute atomic E-state index is 0.0952. The lowest BCUT2D eigenvalue weighted by molar-refractivity contribution is 0.0629. The molecule has 0 radical (unpaired) electrons. The van der Waals surface area contributed by atoms with Crippen LogP contribution in [0.15, 0.2) is 54.6 Å². The Morgan fingerprint density at radius 2 is 1.87 bits per heavy atom. The molecule has 1 aliphatic rings. The van der Waals surface area contributed by atoms with Crippen LogP contribution >= 0.6 is 0 Å². The molecule has 1 heterocycles. The lowest BCUT2D eigenvalue weighted by atomic mass is 10.1. The molecular weight excluding hydrogens is 297 g/mol. The lowest BCUT2D eigenvalue weighted by Gasteiger charge is -2.20. The summed E-state index contributed by atoms with van der Waals surface area (Å²) in [6.07, 6.45) is 0.150. The average Bonchev–Trinajstić information content (AvgIpc) is 2.99. The van der Waals surface area contributed by atoms with Crippen molar-refractivity contribution in [3.05, 3.63) is 60.2 Å². The molecule has 1 N–H and O–H groups in total. The van der Waals surface area contributed by atoms with E-state index in [-0.39, 0.29) is 25.4 Å². The van der Waals surface area contributed by atoms with E-state index >= 15 is 0 Å². The fourth-order valence-corrected chi connectivity index (χ4v) is 2.66. The smallest absolute Gasteiger partial charge is 0.257 e. The maximum atomic E-state index is 14.1. The number of ether oxygens (including phenoxy) is 1. The Labute approximate surface area is 134 Å². The zero-order valence-corrected chi connectivity index (χ0v) is 12.6. The fraction of sp³-hybridized carbons (Fsp3) is 0.278. The SMILES string of the molecule is O=C(c1ccccc1Oc1ccccc1)N1CCC(F)(CO)C1. The molecule has 0 aromatic heterocycles. The van der Waals surface area contributed by atoms with Crippen LogP contribution in [-0.2, 0) is 0 Å². The van der Waals surface area contributed by atoms with Gasteiger partial charge in [0.2, 0.25) is 0 Å². The first-order chi connectivity index (χ1) is 11.1. The third kappa shape index (κ3) is 3.35. The number of amides is 1. The van der Waals surface area contributed by atoms with Gasteiger partial charge in [0.25, 0.3) is 5.91 Å². The summed E-state index contributed by atoms with van der Waals surface area (Å²) in [5, 5.41) is 9.11. The van der Waals surface area contributed by atoms with Crippen molar-refractivity contribution in [1.82, 2.24) is 4.90 Å². The predicted molar refractivity (Wildman–Crippen MR) is 84.4 cm³/mol. The van der Waals surface area contributed by atoms with Crippen LogP contribution in [0, 0.1) is 0 Å². The molecule has 1 saturated heterocycles. The van der Waals surface area contributed by atoms with E-state index in [1.807, 2.05) is 18.2 Å². The zero-order chi connectivity index (χ0) is 16.3. The Kier molecular flexibility index (Phi) is 4.30. The molecule has 1 atom stereocenters. The molecule has 1 amide bonds. The first-order valence-corrected chi connectivity index (χ1v) is 7.52. The van der Waals surface area contributed by atoms with Crippen LogP contribution in [0.5, 0.6) is 11.5 Å². The van der Waals surface area contributed by atoms with Gasteiger partial charge < -0.3 is 14.7 Å². The van der Waals surface area contributed by atoms with Crippen molar-refractivity contribution in [3.8, 4) is 11.5 Å². The second kappa shape index (κ2) is 6.38. The molecule has 0 bridgehead atoms. The second-order valence-corrected chi connectivity index (χ2v) is 5.70. The summed E-state index contributed by atoms with van der Waals surface area (Å²) >= 11 is 0. The van der Waals surface area contributed by atoms with E-state index in [4.69, 9.17) is 9.84 Å². The van der Waals surface area contributed by atoms with Gasteiger partial charge in [-0.25, -0.2) is 4.39 Å². The van der Waals surface area contributed by atoms with Gasteiger partial charge in [-0.2, -0.15) is 0 Å². The van der Waals surface area contributed by atoms with Gasteiger partial charge >= 0.3 is 0 Å². The molecule has 1 fully saturated rings. The maximum absolute atomic E-state index is 14.1. The quantitative estimate of drug-likeness (QED) is 0.943. The highest BCUT2D eigenvalue weighted by Crippen LogP contribution is 2.30. The first-order valence-electron chi connectivity index (χ1n) is 7.52. The minimum atomic E-state index is -1.70. The van der Waals surface area contributed by atoms with Crippen LogP contribution in [0.1, 0.15) is 16.8 Å². The van der Waals surface area contributed by atoms with Crippen LogP contribution in [0.4, 0.5) is 4.39 Å². The summed E-state index contributed by atoms with van der Waals surface area (Å²) in [5.74, 6) is 0.776. The summed E-state index contributed by atoms with van der Waals surface area (Å²) in [6, 6.07) is 16.1. The highest BCUT2D eigenvalue weighted by Gasteiger charge is 2.40. The van der Waals surface area contributed by atoms with Crippen LogP contribution in [-0.4, -0.2) is 41.3 Å². The van der Waals surface area contributed by atoms with E-state index in [1.165, 1.54) is 4.90 Å². The molecule has 1 aliphatic heterocycles. The number of hydrogen-bond acceptors (Lipinski definition) is 3. The summed E-state index contributed by atoms with van der Waals surface area (Å²) in [5.41, 5.74) is -1.32. The maximum Gasteiger partial charge on any atom is 0.257 e. The number of benzene rings is 2. The third-order valence-electron chi connectivity index (χ3n) is 3.96. The molecule has 0 saturated carbocycles. The van der Waals surface area contributed by atoms with Crippen molar-refractivity contribution in [3.63, 3.8) is 0 Å². The molecule has 0 spiro atoms. The normalized spacial score (nSPS) is 20.5. The number of likely N-dealkylation sites (tertiary alicyclic amines) is 1. The average molecular weight is 315 g/mol. The van der Waals surface area contributed by atoms with Gasteiger partial charge in [-0.1, -0.05) is 30.3 Å². The zero-order valence-electron chi connectivity index (χ0n) is 12.6. The van der Waals surface area contributed by atoms with E-state index in [0.717, 1.165) is 0 Å². The second-order valence-electron chi connectivity index (χ2n) is 5.70. The van der Waals surface area contributed by atoms with Crippen LogP contribution in [0.2, 0.25) is 0 Å². The minimum Gasteiger partial charge on any atom is -0.457 e. The highest BCUT2D eigenvalue weighted by atomic mass is 19.1. The molecule has 4 nitrogen and oxygen atoms in total. The summed E-state index contributed by atoms with van der Waals surface area (Å²) in [4.78, 5) is 14.1. The Bertz CT molecular complexity index is 692. The molecule has 1 unspecified atom stereocenters.